The fourth-order valence-corrected chi connectivity index (χ4v) is 4.49. The van der Waals surface area contributed by atoms with Crippen LogP contribution in [0.4, 0.5) is 13.2 Å². The first-order chi connectivity index (χ1) is 16.5. The molecule has 4 heteroatoms. The van der Waals surface area contributed by atoms with Gasteiger partial charge in [0, 0.05) is 17.2 Å². The Morgan fingerprint density at radius 1 is 0.971 bits per heavy atom. The molecule has 0 aromatic heterocycles. The smallest absolute Gasteiger partial charge is 0.166 e. The number of ether oxygens (including phenoxy) is 1. The van der Waals surface area contributed by atoms with Gasteiger partial charge < -0.3 is 4.74 Å². The second-order valence-corrected chi connectivity index (χ2v) is 8.92. The van der Waals surface area contributed by atoms with Gasteiger partial charge in [-0.1, -0.05) is 60.7 Å². The lowest BCUT2D eigenvalue weighted by molar-refractivity contribution is 0.360. The molecule has 0 spiro atoms. The molecule has 1 unspecified atom stereocenters. The highest BCUT2D eigenvalue weighted by Gasteiger charge is 2.20. The molecular weight excluding hydrogens is 433 g/mol. The lowest BCUT2D eigenvalue weighted by Crippen LogP contribution is -2.08. The number of halogens is 3. The van der Waals surface area contributed by atoms with Crippen LogP contribution in [-0.2, 0) is 6.42 Å². The number of hydrogen-bond acceptors (Lipinski definition) is 1. The minimum absolute atomic E-state index is 0.287. The molecule has 0 radical (unpaired) electrons. The second kappa shape index (κ2) is 10.8. The first-order valence-electron chi connectivity index (χ1n) is 11.7. The summed E-state index contributed by atoms with van der Waals surface area (Å²) in [6.45, 7) is 5.89. The molecule has 0 saturated heterocycles. The molecular formula is C30H29F3O. The highest BCUT2D eigenvalue weighted by Crippen LogP contribution is 2.35. The molecule has 1 atom stereocenters. The van der Waals surface area contributed by atoms with E-state index in [2.05, 4.69) is 12.7 Å². The van der Waals surface area contributed by atoms with E-state index >= 15 is 0 Å². The van der Waals surface area contributed by atoms with Crippen molar-refractivity contribution < 1.29 is 17.9 Å². The molecule has 0 fully saturated rings. The molecule has 0 saturated carbocycles. The number of aryl methyl sites for hydroxylation is 2. The minimum Gasteiger partial charge on any atom is -0.489 e. The summed E-state index contributed by atoms with van der Waals surface area (Å²) in [4.78, 5) is 0. The van der Waals surface area contributed by atoms with Crippen LogP contribution in [0.1, 0.15) is 42.4 Å². The maximum absolute atomic E-state index is 14.8. The summed E-state index contributed by atoms with van der Waals surface area (Å²) in [6, 6.07) is 15.7. The lowest BCUT2D eigenvalue weighted by Gasteiger charge is -2.23. The zero-order chi connectivity index (χ0) is 24.1. The molecule has 3 aromatic rings. The molecule has 3 aromatic carbocycles. The van der Waals surface area contributed by atoms with Gasteiger partial charge >= 0.3 is 0 Å². The van der Waals surface area contributed by atoms with E-state index in [-0.39, 0.29) is 11.4 Å². The fourth-order valence-electron chi connectivity index (χ4n) is 4.49. The molecule has 0 N–H and O–H groups in total. The Labute approximate surface area is 199 Å². The van der Waals surface area contributed by atoms with Crippen LogP contribution in [0.3, 0.4) is 0 Å². The van der Waals surface area contributed by atoms with Gasteiger partial charge in [0.25, 0.3) is 0 Å². The van der Waals surface area contributed by atoms with Gasteiger partial charge in [0.2, 0.25) is 0 Å². The second-order valence-electron chi connectivity index (χ2n) is 8.92. The fraction of sp³-hybridized carbons (Fsp3) is 0.267. The van der Waals surface area contributed by atoms with Gasteiger partial charge in [0.05, 0.1) is 0 Å². The van der Waals surface area contributed by atoms with E-state index in [0.717, 1.165) is 36.8 Å². The monoisotopic (exact) mass is 462 g/mol. The molecule has 1 aliphatic carbocycles. The van der Waals surface area contributed by atoms with E-state index in [1.807, 2.05) is 31.2 Å². The summed E-state index contributed by atoms with van der Waals surface area (Å²) in [6.07, 6.45) is 7.40. The van der Waals surface area contributed by atoms with Crippen molar-refractivity contribution in [1.82, 2.24) is 0 Å². The maximum atomic E-state index is 14.8. The SMILES string of the molecule is C=CCOc1ccc(C2=CCC(CCc3ccc(-c4ccc(C)cc4)c(F)c3F)CC2)c(F)c1. The van der Waals surface area contributed by atoms with Crippen molar-refractivity contribution in [2.75, 3.05) is 6.61 Å². The summed E-state index contributed by atoms with van der Waals surface area (Å²) in [5.41, 5.74) is 4.03. The molecule has 176 valence electrons. The molecule has 1 aliphatic rings. The van der Waals surface area contributed by atoms with Crippen molar-refractivity contribution >= 4 is 5.57 Å². The Morgan fingerprint density at radius 2 is 1.74 bits per heavy atom. The Hall–Kier alpha value is -3.27. The number of allylic oxidation sites excluding steroid dienone is 2. The van der Waals surface area contributed by atoms with Crippen LogP contribution in [0.25, 0.3) is 16.7 Å². The van der Waals surface area contributed by atoms with Crippen LogP contribution < -0.4 is 4.74 Å². The van der Waals surface area contributed by atoms with Crippen LogP contribution in [0.15, 0.2) is 73.3 Å². The van der Waals surface area contributed by atoms with Gasteiger partial charge in [0.1, 0.15) is 18.2 Å². The van der Waals surface area contributed by atoms with Crippen LogP contribution in [0.5, 0.6) is 5.75 Å². The average molecular weight is 463 g/mol. The summed E-state index contributed by atoms with van der Waals surface area (Å²) < 4.78 is 49.5. The third-order valence-corrected chi connectivity index (χ3v) is 6.52. The molecule has 1 nitrogen and oxygen atoms in total. The zero-order valence-electron chi connectivity index (χ0n) is 19.4. The summed E-state index contributed by atoms with van der Waals surface area (Å²) in [5, 5.41) is 0. The third kappa shape index (κ3) is 5.44. The van der Waals surface area contributed by atoms with E-state index in [1.54, 1.807) is 30.3 Å². The van der Waals surface area contributed by atoms with Gasteiger partial charge in [-0.05, 0) is 73.8 Å². The first-order valence-corrected chi connectivity index (χ1v) is 11.7. The van der Waals surface area contributed by atoms with Gasteiger partial charge in [-0.25, -0.2) is 13.2 Å². The van der Waals surface area contributed by atoms with Crippen molar-refractivity contribution in [3.63, 3.8) is 0 Å². The van der Waals surface area contributed by atoms with Crippen LogP contribution >= 0.6 is 0 Å². The van der Waals surface area contributed by atoms with E-state index < -0.39 is 11.6 Å². The number of benzene rings is 3. The summed E-state index contributed by atoms with van der Waals surface area (Å²) in [7, 11) is 0. The van der Waals surface area contributed by atoms with Crippen molar-refractivity contribution in [2.24, 2.45) is 5.92 Å². The normalized spacial score (nSPS) is 15.6. The van der Waals surface area contributed by atoms with Crippen LogP contribution in [-0.4, -0.2) is 6.61 Å². The summed E-state index contributed by atoms with van der Waals surface area (Å²) in [5.74, 6) is -0.995. The Kier molecular flexibility index (Phi) is 7.56. The maximum Gasteiger partial charge on any atom is 0.166 e. The highest BCUT2D eigenvalue weighted by molar-refractivity contribution is 5.67. The van der Waals surface area contributed by atoms with Gasteiger partial charge in [-0.2, -0.15) is 0 Å². The molecule has 4 rings (SSSR count). The van der Waals surface area contributed by atoms with E-state index in [9.17, 15) is 13.2 Å². The Balaban J connectivity index is 1.38. The molecule has 0 aliphatic heterocycles. The average Bonchev–Trinajstić information content (AvgIpc) is 2.85. The van der Waals surface area contributed by atoms with Crippen molar-refractivity contribution in [1.29, 1.82) is 0 Å². The lowest BCUT2D eigenvalue weighted by atomic mass is 9.83. The largest absolute Gasteiger partial charge is 0.489 e. The summed E-state index contributed by atoms with van der Waals surface area (Å²) >= 11 is 0. The van der Waals surface area contributed by atoms with Crippen molar-refractivity contribution in [2.45, 2.75) is 39.0 Å². The van der Waals surface area contributed by atoms with Gasteiger partial charge in [-0.3, -0.25) is 0 Å². The molecule has 34 heavy (non-hydrogen) atoms. The predicted octanol–water partition coefficient (Wildman–Crippen LogP) is 8.46. The molecule has 0 heterocycles. The van der Waals surface area contributed by atoms with Gasteiger partial charge in [-0.15, -0.1) is 0 Å². The predicted molar refractivity (Wildman–Crippen MR) is 132 cm³/mol. The van der Waals surface area contributed by atoms with E-state index in [4.69, 9.17) is 4.74 Å². The van der Waals surface area contributed by atoms with Crippen molar-refractivity contribution in [3.05, 3.63) is 107 Å². The third-order valence-electron chi connectivity index (χ3n) is 6.52. The Bertz CT molecular complexity index is 1190. The number of hydrogen-bond donors (Lipinski definition) is 0. The van der Waals surface area contributed by atoms with Crippen molar-refractivity contribution in [3.8, 4) is 16.9 Å². The molecule has 0 amide bonds. The Morgan fingerprint density at radius 3 is 2.41 bits per heavy atom. The van der Waals surface area contributed by atoms with Gasteiger partial charge in [0.15, 0.2) is 11.6 Å². The van der Waals surface area contributed by atoms with E-state index in [1.165, 1.54) is 6.07 Å². The van der Waals surface area contributed by atoms with E-state index in [0.29, 0.717) is 41.4 Å². The number of rotatable bonds is 8. The zero-order valence-corrected chi connectivity index (χ0v) is 19.4. The van der Waals surface area contributed by atoms with Crippen LogP contribution in [0.2, 0.25) is 0 Å². The van der Waals surface area contributed by atoms with Crippen LogP contribution in [0, 0.1) is 30.3 Å². The topological polar surface area (TPSA) is 9.23 Å². The minimum atomic E-state index is -0.789. The highest BCUT2D eigenvalue weighted by atomic mass is 19.2. The molecule has 0 bridgehead atoms. The quantitative estimate of drug-likeness (QED) is 0.305. The first kappa shape index (κ1) is 23.9. The standard InChI is InChI=1S/C30H29F3O/c1-3-18-34-25-15-17-26(28(31)19-25)22-11-6-21(7-12-22)8-13-24-14-16-27(30(33)29(24)32)23-9-4-20(2)5-10-23/h3-5,9-11,14-17,19,21H,1,6-8,12-13,18H2,2H3.